The minimum Gasteiger partial charge on any atom is -0.397 e. The second-order valence-electron chi connectivity index (χ2n) is 5.09. The lowest BCUT2D eigenvalue weighted by atomic mass is 10.3. The normalized spacial score (nSPS) is 17.1. The summed E-state index contributed by atoms with van der Waals surface area (Å²) >= 11 is 0. The van der Waals surface area contributed by atoms with Gasteiger partial charge in [-0.3, -0.25) is 4.79 Å². The van der Waals surface area contributed by atoms with Gasteiger partial charge in [0.25, 0.3) is 16.1 Å². The lowest BCUT2D eigenvalue weighted by molar-refractivity contribution is 0.0687. The molecule has 1 aliphatic rings. The summed E-state index contributed by atoms with van der Waals surface area (Å²) in [5.74, 6) is -0.130. The van der Waals surface area contributed by atoms with E-state index in [-0.39, 0.29) is 19.0 Å². The highest BCUT2D eigenvalue weighted by Gasteiger charge is 2.28. The molecule has 1 aromatic rings. The average Bonchev–Trinajstić information content (AvgIpc) is 2.78. The van der Waals surface area contributed by atoms with Crippen molar-refractivity contribution in [1.82, 2.24) is 13.8 Å². The van der Waals surface area contributed by atoms with Gasteiger partial charge >= 0.3 is 0 Å². The van der Waals surface area contributed by atoms with E-state index in [2.05, 4.69) is 0 Å². The Hall–Kier alpha value is -1.58. The molecule has 1 aliphatic heterocycles. The van der Waals surface area contributed by atoms with E-state index in [9.17, 15) is 13.2 Å². The molecule has 1 fully saturated rings. The maximum Gasteiger partial charge on any atom is 0.277 e. The fourth-order valence-corrected chi connectivity index (χ4v) is 3.12. The molecular formula is C12H21N5O3S. The first-order valence-electron chi connectivity index (χ1n) is 6.85. The highest BCUT2D eigenvalue weighted by molar-refractivity contribution is 7.86. The smallest absolute Gasteiger partial charge is 0.277 e. The quantitative estimate of drug-likeness (QED) is 0.775. The van der Waals surface area contributed by atoms with Crippen LogP contribution in [-0.4, -0.2) is 54.3 Å². The maximum absolute atomic E-state index is 12.5. The van der Waals surface area contributed by atoms with E-state index in [0.717, 1.165) is 13.0 Å². The number of aromatic nitrogens is 1. The molecule has 0 saturated carbocycles. The van der Waals surface area contributed by atoms with E-state index in [1.165, 1.54) is 4.31 Å². The molecule has 118 valence electrons. The Morgan fingerprint density at radius 1 is 1.29 bits per heavy atom. The van der Waals surface area contributed by atoms with Gasteiger partial charge in [0.05, 0.1) is 5.69 Å². The Morgan fingerprint density at radius 2 is 1.90 bits per heavy atom. The molecule has 1 saturated heterocycles. The molecule has 0 unspecified atom stereocenters. The zero-order valence-electron chi connectivity index (χ0n) is 12.0. The lowest BCUT2D eigenvalue weighted by Gasteiger charge is -2.33. The summed E-state index contributed by atoms with van der Waals surface area (Å²) in [6, 6.07) is 1.66. The summed E-state index contributed by atoms with van der Waals surface area (Å²) in [6.45, 7) is 3.83. The standard InChI is InChI=1S/C12H21N5O3S/c1-2-3-16-9-10(13)8-11(16)12(18)15-4-6-17(7-5-15)21(14,19)20/h8-9H,2-7,13H2,1H3,(H2,14,19,20). The third-order valence-corrected chi connectivity index (χ3v) is 4.57. The third-order valence-electron chi connectivity index (χ3n) is 3.49. The summed E-state index contributed by atoms with van der Waals surface area (Å²) < 4.78 is 25.5. The number of rotatable bonds is 4. The van der Waals surface area contributed by atoms with E-state index >= 15 is 0 Å². The topological polar surface area (TPSA) is 115 Å². The van der Waals surface area contributed by atoms with Crippen LogP contribution in [0.5, 0.6) is 0 Å². The molecule has 0 bridgehead atoms. The fraction of sp³-hybridized carbons (Fsp3) is 0.583. The fourth-order valence-electron chi connectivity index (χ4n) is 2.45. The second kappa shape index (κ2) is 6.04. The zero-order valence-corrected chi connectivity index (χ0v) is 12.8. The Kier molecular flexibility index (Phi) is 4.55. The second-order valence-corrected chi connectivity index (χ2v) is 6.63. The molecule has 8 nitrogen and oxygen atoms in total. The van der Waals surface area contributed by atoms with Gasteiger partial charge < -0.3 is 15.2 Å². The maximum atomic E-state index is 12.5. The van der Waals surface area contributed by atoms with Crippen molar-refractivity contribution >= 4 is 21.8 Å². The van der Waals surface area contributed by atoms with Crippen LogP contribution in [0.3, 0.4) is 0 Å². The summed E-state index contributed by atoms with van der Waals surface area (Å²) in [6.07, 6.45) is 2.64. The Labute approximate surface area is 124 Å². The van der Waals surface area contributed by atoms with E-state index in [1.54, 1.807) is 17.2 Å². The Morgan fingerprint density at radius 3 is 2.43 bits per heavy atom. The van der Waals surface area contributed by atoms with Gasteiger partial charge in [0.15, 0.2) is 0 Å². The zero-order chi connectivity index (χ0) is 15.6. The molecule has 0 aliphatic carbocycles. The van der Waals surface area contributed by atoms with Crippen LogP contribution < -0.4 is 10.9 Å². The van der Waals surface area contributed by atoms with Crippen LogP contribution in [0.25, 0.3) is 0 Å². The lowest BCUT2D eigenvalue weighted by Crippen LogP contribution is -2.52. The van der Waals surface area contributed by atoms with Crippen LogP contribution >= 0.6 is 0 Å². The first-order chi connectivity index (χ1) is 9.82. The van der Waals surface area contributed by atoms with Crippen molar-refractivity contribution in [2.75, 3.05) is 31.9 Å². The number of piperazine rings is 1. The van der Waals surface area contributed by atoms with Crippen LogP contribution in [0, 0.1) is 0 Å². The van der Waals surface area contributed by atoms with Crippen molar-refractivity contribution in [3.8, 4) is 0 Å². The molecule has 1 amide bonds. The monoisotopic (exact) mass is 315 g/mol. The highest BCUT2D eigenvalue weighted by Crippen LogP contribution is 2.15. The van der Waals surface area contributed by atoms with Gasteiger partial charge in [0.1, 0.15) is 5.69 Å². The number of nitrogen functional groups attached to an aromatic ring is 1. The van der Waals surface area contributed by atoms with Gasteiger partial charge in [-0.15, -0.1) is 0 Å². The molecule has 9 heteroatoms. The summed E-state index contributed by atoms with van der Waals surface area (Å²) in [5.41, 5.74) is 6.85. The first kappa shape index (κ1) is 15.8. The average molecular weight is 315 g/mol. The van der Waals surface area contributed by atoms with E-state index in [4.69, 9.17) is 10.9 Å². The van der Waals surface area contributed by atoms with Crippen LogP contribution in [0.15, 0.2) is 12.3 Å². The molecule has 0 atom stereocenters. The summed E-state index contributed by atoms with van der Waals surface area (Å²) in [5, 5.41) is 5.08. The number of carbonyl (C=O) groups excluding carboxylic acids is 1. The third kappa shape index (κ3) is 3.55. The van der Waals surface area contributed by atoms with Crippen LogP contribution in [0.4, 0.5) is 5.69 Å². The van der Waals surface area contributed by atoms with Crippen LogP contribution in [-0.2, 0) is 16.8 Å². The van der Waals surface area contributed by atoms with Gasteiger partial charge in [-0.2, -0.15) is 12.7 Å². The van der Waals surface area contributed by atoms with Gasteiger partial charge in [0.2, 0.25) is 0 Å². The van der Waals surface area contributed by atoms with Crippen LogP contribution in [0.1, 0.15) is 23.8 Å². The van der Waals surface area contributed by atoms with E-state index in [0.29, 0.717) is 24.5 Å². The number of carbonyl (C=O) groups is 1. The van der Waals surface area contributed by atoms with Crippen LogP contribution in [0.2, 0.25) is 0 Å². The van der Waals surface area contributed by atoms with Crippen molar-refractivity contribution < 1.29 is 13.2 Å². The highest BCUT2D eigenvalue weighted by atomic mass is 32.2. The largest absolute Gasteiger partial charge is 0.397 e. The van der Waals surface area contributed by atoms with E-state index in [1.807, 2.05) is 11.5 Å². The first-order valence-corrected chi connectivity index (χ1v) is 8.36. The molecule has 1 aromatic heterocycles. The van der Waals surface area contributed by atoms with Crippen molar-refractivity contribution in [2.45, 2.75) is 19.9 Å². The molecule has 4 N–H and O–H groups in total. The van der Waals surface area contributed by atoms with Gasteiger partial charge in [-0.05, 0) is 12.5 Å². The number of nitrogens with two attached hydrogens (primary N) is 2. The minimum absolute atomic E-state index is 0.130. The Bertz CT molecular complexity index is 617. The molecule has 21 heavy (non-hydrogen) atoms. The molecule has 2 rings (SSSR count). The molecule has 0 spiro atoms. The SMILES string of the molecule is CCCn1cc(N)cc1C(=O)N1CCN(S(N)(=O)=O)CC1. The number of hydrogen-bond donors (Lipinski definition) is 2. The van der Waals surface area contributed by atoms with Gasteiger partial charge in [-0.25, -0.2) is 5.14 Å². The van der Waals surface area contributed by atoms with Crippen molar-refractivity contribution in [2.24, 2.45) is 5.14 Å². The Balaban J connectivity index is 2.09. The molecule has 2 heterocycles. The van der Waals surface area contributed by atoms with Gasteiger partial charge in [0, 0.05) is 38.9 Å². The summed E-state index contributed by atoms with van der Waals surface area (Å²) in [7, 11) is -3.68. The molecular weight excluding hydrogens is 294 g/mol. The van der Waals surface area contributed by atoms with Crippen molar-refractivity contribution in [3.63, 3.8) is 0 Å². The predicted octanol–water partition coefficient (Wildman–Crippen LogP) is -0.558. The number of hydrogen-bond acceptors (Lipinski definition) is 4. The molecule has 0 radical (unpaired) electrons. The molecule has 0 aromatic carbocycles. The van der Waals surface area contributed by atoms with Gasteiger partial charge in [-0.1, -0.05) is 6.92 Å². The van der Waals surface area contributed by atoms with Crippen molar-refractivity contribution in [1.29, 1.82) is 0 Å². The summed E-state index contributed by atoms with van der Waals surface area (Å²) in [4.78, 5) is 14.1. The number of aryl methyl sites for hydroxylation is 1. The predicted molar refractivity (Wildman–Crippen MR) is 79.7 cm³/mol. The van der Waals surface area contributed by atoms with E-state index < -0.39 is 10.2 Å². The number of nitrogens with zero attached hydrogens (tertiary/aromatic N) is 3. The number of anilines is 1. The minimum atomic E-state index is -3.68. The van der Waals surface area contributed by atoms with Crippen molar-refractivity contribution in [3.05, 3.63) is 18.0 Å². The number of amides is 1.